The molecular formula is C33H32F2N4O. The van der Waals surface area contributed by atoms with E-state index in [1.54, 1.807) is 29.3 Å². The summed E-state index contributed by atoms with van der Waals surface area (Å²) in [6.45, 7) is 2.27. The molecule has 1 aliphatic heterocycles. The number of aryl methyl sites for hydroxylation is 1. The summed E-state index contributed by atoms with van der Waals surface area (Å²) in [6, 6.07) is 20.4. The molecular weight excluding hydrogens is 506 g/mol. The van der Waals surface area contributed by atoms with E-state index in [2.05, 4.69) is 6.92 Å². The third kappa shape index (κ3) is 5.08. The van der Waals surface area contributed by atoms with Crippen LogP contribution in [0.25, 0.3) is 17.1 Å². The van der Waals surface area contributed by atoms with Crippen LogP contribution in [0.2, 0.25) is 0 Å². The van der Waals surface area contributed by atoms with Gasteiger partial charge in [-0.1, -0.05) is 49.7 Å². The summed E-state index contributed by atoms with van der Waals surface area (Å²) in [5, 5.41) is 6.59. The number of aromatic nitrogens is 2. The SMILES string of the molecule is CCCCc1nc2ccccc2n1CC(=O)N1N=C2/C(=C/c3ccc(F)cc3)CCC[C@@H]2[C@H]1c1ccc(F)cc1. The lowest BCUT2D eigenvalue weighted by molar-refractivity contribution is -0.134. The van der Waals surface area contributed by atoms with Crippen LogP contribution in [0.4, 0.5) is 8.78 Å². The molecule has 0 spiro atoms. The molecule has 2 aliphatic rings. The molecule has 204 valence electrons. The van der Waals surface area contributed by atoms with Crippen molar-refractivity contribution in [1.29, 1.82) is 0 Å². The molecule has 0 N–H and O–H groups in total. The lowest BCUT2D eigenvalue weighted by Crippen LogP contribution is -2.34. The number of halogens is 2. The molecule has 0 bridgehead atoms. The zero-order chi connectivity index (χ0) is 27.6. The Kier molecular flexibility index (Phi) is 7.29. The molecule has 0 radical (unpaired) electrons. The van der Waals surface area contributed by atoms with E-state index in [4.69, 9.17) is 10.1 Å². The highest BCUT2D eigenvalue weighted by atomic mass is 19.1. The van der Waals surface area contributed by atoms with Crippen molar-refractivity contribution in [2.75, 3.05) is 0 Å². The van der Waals surface area contributed by atoms with Crippen molar-refractivity contribution in [2.24, 2.45) is 11.0 Å². The maximum absolute atomic E-state index is 14.1. The van der Waals surface area contributed by atoms with Crippen LogP contribution in [-0.4, -0.2) is 26.2 Å². The number of hydrogen-bond donors (Lipinski definition) is 0. The molecule has 40 heavy (non-hydrogen) atoms. The van der Waals surface area contributed by atoms with E-state index in [1.165, 1.54) is 24.3 Å². The number of hydrogen-bond acceptors (Lipinski definition) is 3. The van der Waals surface area contributed by atoms with Crippen molar-refractivity contribution < 1.29 is 13.6 Å². The van der Waals surface area contributed by atoms with Crippen LogP contribution in [0, 0.1) is 17.6 Å². The number of unbranched alkanes of at least 4 members (excludes halogenated alkanes) is 1. The van der Waals surface area contributed by atoms with E-state index >= 15 is 0 Å². The number of allylic oxidation sites excluding steroid dienone is 1. The molecule has 1 aliphatic carbocycles. The van der Waals surface area contributed by atoms with Gasteiger partial charge in [-0.25, -0.2) is 18.8 Å². The molecule has 5 nitrogen and oxygen atoms in total. The van der Waals surface area contributed by atoms with Crippen LogP contribution in [0.1, 0.15) is 62.0 Å². The van der Waals surface area contributed by atoms with Crippen LogP contribution < -0.4 is 0 Å². The predicted octanol–water partition coefficient (Wildman–Crippen LogP) is 7.48. The van der Waals surface area contributed by atoms with Gasteiger partial charge in [0, 0.05) is 12.3 Å². The maximum Gasteiger partial charge on any atom is 0.263 e. The van der Waals surface area contributed by atoms with Crippen molar-refractivity contribution in [3.63, 3.8) is 0 Å². The molecule has 1 amide bonds. The van der Waals surface area contributed by atoms with E-state index in [0.717, 1.165) is 77.8 Å². The quantitative estimate of drug-likeness (QED) is 0.245. The highest BCUT2D eigenvalue weighted by molar-refractivity contribution is 6.08. The Morgan fingerprint density at radius 2 is 1.73 bits per heavy atom. The highest BCUT2D eigenvalue weighted by Gasteiger charge is 2.43. The zero-order valence-electron chi connectivity index (χ0n) is 22.6. The summed E-state index contributed by atoms with van der Waals surface area (Å²) in [5.74, 6) is 0.176. The zero-order valence-corrected chi connectivity index (χ0v) is 22.6. The van der Waals surface area contributed by atoms with Gasteiger partial charge in [-0.3, -0.25) is 4.79 Å². The number of carbonyl (C=O) groups excluding carboxylic acids is 1. The monoisotopic (exact) mass is 538 g/mol. The first-order valence-electron chi connectivity index (χ1n) is 14.1. The normalized spacial score (nSPS) is 19.7. The van der Waals surface area contributed by atoms with Crippen molar-refractivity contribution in [2.45, 2.75) is 58.0 Å². The van der Waals surface area contributed by atoms with Crippen molar-refractivity contribution in [3.8, 4) is 0 Å². The van der Waals surface area contributed by atoms with Crippen LogP contribution in [0.3, 0.4) is 0 Å². The van der Waals surface area contributed by atoms with E-state index in [9.17, 15) is 13.6 Å². The number of nitrogens with zero attached hydrogens (tertiary/aromatic N) is 4. The van der Waals surface area contributed by atoms with Gasteiger partial charge >= 0.3 is 0 Å². The minimum absolute atomic E-state index is 0.00560. The van der Waals surface area contributed by atoms with Crippen LogP contribution in [0.15, 0.2) is 83.5 Å². The average molecular weight is 539 g/mol. The highest BCUT2D eigenvalue weighted by Crippen LogP contribution is 2.44. The first kappa shape index (κ1) is 26.1. The van der Waals surface area contributed by atoms with E-state index in [0.29, 0.717) is 0 Å². The van der Waals surface area contributed by atoms with E-state index in [-0.39, 0.29) is 36.0 Å². The number of benzene rings is 3. The second kappa shape index (κ2) is 11.2. The van der Waals surface area contributed by atoms with Gasteiger partial charge in [-0.05, 0) is 84.9 Å². The van der Waals surface area contributed by atoms with Gasteiger partial charge in [0.05, 0.1) is 22.8 Å². The number of imidazole rings is 1. The van der Waals surface area contributed by atoms with E-state index in [1.807, 2.05) is 34.9 Å². The summed E-state index contributed by atoms with van der Waals surface area (Å²) in [4.78, 5) is 18.9. The molecule has 1 saturated carbocycles. The molecule has 7 heteroatoms. The van der Waals surface area contributed by atoms with Gasteiger partial charge in [-0.15, -0.1) is 0 Å². The second-order valence-electron chi connectivity index (χ2n) is 10.6. The molecule has 2 heterocycles. The molecule has 4 aromatic rings. The Morgan fingerprint density at radius 3 is 2.48 bits per heavy atom. The minimum Gasteiger partial charge on any atom is -0.318 e. The number of carbonyl (C=O) groups is 1. The van der Waals surface area contributed by atoms with Gasteiger partial charge in [0.15, 0.2) is 0 Å². The Hall–Kier alpha value is -4.13. The summed E-state index contributed by atoms with van der Waals surface area (Å²) in [6.07, 6.45) is 7.52. The lowest BCUT2D eigenvalue weighted by atomic mass is 9.77. The third-order valence-corrected chi connectivity index (χ3v) is 7.96. The minimum atomic E-state index is -0.325. The largest absolute Gasteiger partial charge is 0.318 e. The summed E-state index contributed by atoms with van der Waals surface area (Å²) in [5.41, 5.74) is 5.52. The Morgan fingerprint density at radius 1 is 1.00 bits per heavy atom. The average Bonchev–Trinajstić information content (AvgIpc) is 3.53. The molecule has 1 fully saturated rings. The summed E-state index contributed by atoms with van der Waals surface area (Å²) in [7, 11) is 0. The fourth-order valence-corrected chi connectivity index (χ4v) is 6.00. The molecule has 2 atom stereocenters. The Bertz CT molecular complexity index is 1590. The fraction of sp³-hybridized carbons (Fsp3) is 0.303. The topological polar surface area (TPSA) is 50.5 Å². The van der Waals surface area contributed by atoms with Gasteiger partial charge in [-0.2, -0.15) is 5.10 Å². The molecule has 0 unspecified atom stereocenters. The molecule has 3 aromatic carbocycles. The van der Waals surface area contributed by atoms with Crippen molar-refractivity contribution in [3.05, 3.63) is 107 Å². The van der Waals surface area contributed by atoms with Crippen LogP contribution in [-0.2, 0) is 17.8 Å². The molecule has 6 rings (SSSR count). The molecule has 0 saturated heterocycles. The maximum atomic E-state index is 14.1. The first-order valence-corrected chi connectivity index (χ1v) is 14.1. The molecule has 1 aromatic heterocycles. The summed E-state index contributed by atoms with van der Waals surface area (Å²) < 4.78 is 29.4. The smallest absolute Gasteiger partial charge is 0.263 e. The predicted molar refractivity (Wildman–Crippen MR) is 153 cm³/mol. The van der Waals surface area contributed by atoms with Gasteiger partial charge in [0.1, 0.15) is 24.0 Å². The number of fused-ring (bicyclic) bond motifs is 2. The Labute approximate surface area is 232 Å². The van der Waals surface area contributed by atoms with Gasteiger partial charge in [0.25, 0.3) is 5.91 Å². The number of para-hydroxylation sites is 2. The number of rotatable bonds is 7. The standard InChI is InChI=1S/C33H32F2N4O/c1-2-3-11-30-36-28-9-4-5-10-29(28)38(30)21-31(40)39-33(23-14-18-26(35)19-15-23)27-8-6-7-24(32(27)37-39)20-22-12-16-25(34)17-13-22/h4-5,9-10,12-20,27,33H,2-3,6-8,11,21H2,1H3/b24-20+/t27-,33+/m0/s1. The van der Waals surface area contributed by atoms with Gasteiger partial charge < -0.3 is 4.57 Å². The van der Waals surface area contributed by atoms with Gasteiger partial charge in [0.2, 0.25) is 0 Å². The first-order chi connectivity index (χ1) is 19.5. The lowest BCUT2D eigenvalue weighted by Gasteiger charge is -2.30. The number of amides is 1. The van der Waals surface area contributed by atoms with Crippen LogP contribution in [0.5, 0.6) is 0 Å². The number of hydrazone groups is 1. The van der Waals surface area contributed by atoms with Crippen molar-refractivity contribution in [1.82, 2.24) is 14.6 Å². The second-order valence-corrected chi connectivity index (χ2v) is 10.6. The van der Waals surface area contributed by atoms with Crippen LogP contribution >= 0.6 is 0 Å². The fourth-order valence-electron chi connectivity index (χ4n) is 6.00. The Balaban J connectivity index is 1.39. The summed E-state index contributed by atoms with van der Waals surface area (Å²) >= 11 is 0. The van der Waals surface area contributed by atoms with E-state index < -0.39 is 0 Å². The third-order valence-electron chi connectivity index (χ3n) is 7.96. The van der Waals surface area contributed by atoms with Crippen molar-refractivity contribution >= 4 is 28.7 Å².